The van der Waals surface area contributed by atoms with Crippen molar-refractivity contribution in [3.63, 3.8) is 0 Å². The number of para-hydroxylation sites is 1. The molecule has 0 spiro atoms. The summed E-state index contributed by atoms with van der Waals surface area (Å²) >= 11 is 2.22. The van der Waals surface area contributed by atoms with Crippen LogP contribution in [-0.2, 0) is 4.79 Å². The number of hydrogen-bond donors (Lipinski definition) is 0. The van der Waals surface area contributed by atoms with Crippen LogP contribution in [0, 0.1) is 3.57 Å². The minimum Gasteiger partial charge on any atom is -0.480 e. The van der Waals surface area contributed by atoms with Crippen LogP contribution in [0.1, 0.15) is 19.8 Å². The molecule has 1 saturated heterocycles. The second-order valence-electron chi connectivity index (χ2n) is 4.22. The molecule has 0 saturated carbocycles. The number of carbonyl (C=O) groups is 1. The first-order chi connectivity index (χ1) is 8.18. The highest BCUT2D eigenvalue weighted by Gasteiger charge is 2.24. The summed E-state index contributed by atoms with van der Waals surface area (Å²) in [4.78, 5) is 13.9. The Labute approximate surface area is 115 Å². The normalized spacial score (nSPS) is 16.9. The van der Waals surface area contributed by atoms with Gasteiger partial charge in [0, 0.05) is 13.1 Å². The molecule has 17 heavy (non-hydrogen) atoms. The highest BCUT2D eigenvalue weighted by atomic mass is 127. The quantitative estimate of drug-likeness (QED) is 0.789. The van der Waals surface area contributed by atoms with Crippen molar-refractivity contribution in [2.45, 2.75) is 25.9 Å². The highest BCUT2D eigenvalue weighted by Crippen LogP contribution is 2.21. The van der Waals surface area contributed by atoms with Crippen LogP contribution in [0.3, 0.4) is 0 Å². The lowest BCUT2D eigenvalue weighted by Gasteiger charge is -2.21. The molecule has 1 amide bonds. The zero-order valence-electron chi connectivity index (χ0n) is 9.86. The van der Waals surface area contributed by atoms with E-state index in [0.717, 1.165) is 35.3 Å². The van der Waals surface area contributed by atoms with Gasteiger partial charge in [-0.05, 0) is 54.5 Å². The van der Waals surface area contributed by atoms with E-state index in [0.29, 0.717) is 0 Å². The number of rotatable bonds is 3. The van der Waals surface area contributed by atoms with Crippen LogP contribution in [0.25, 0.3) is 0 Å². The van der Waals surface area contributed by atoms with E-state index in [4.69, 9.17) is 4.74 Å². The zero-order valence-corrected chi connectivity index (χ0v) is 12.0. The Hall–Kier alpha value is -0.780. The fourth-order valence-electron chi connectivity index (χ4n) is 1.98. The molecule has 92 valence electrons. The Morgan fingerprint density at radius 2 is 2.00 bits per heavy atom. The number of hydrogen-bond acceptors (Lipinski definition) is 2. The molecule has 0 aromatic heterocycles. The molecule has 1 atom stereocenters. The number of nitrogens with zero attached hydrogens (tertiary/aromatic N) is 1. The predicted molar refractivity (Wildman–Crippen MR) is 75.1 cm³/mol. The van der Waals surface area contributed by atoms with E-state index in [2.05, 4.69) is 22.6 Å². The topological polar surface area (TPSA) is 29.5 Å². The number of amides is 1. The first kappa shape index (κ1) is 12.7. The second-order valence-corrected chi connectivity index (χ2v) is 5.39. The van der Waals surface area contributed by atoms with Crippen molar-refractivity contribution in [1.82, 2.24) is 4.90 Å². The summed E-state index contributed by atoms with van der Waals surface area (Å²) in [6.07, 6.45) is 1.83. The van der Waals surface area contributed by atoms with Gasteiger partial charge in [0.05, 0.1) is 3.57 Å². The largest absolute Gasteiger partial charge is 0.480 e. The first-order valence-corrected chi connectivity index (χ1v) is 6.96. The Morgan fingerprint density at radius 1 is 1.35 bits per heavy atom. The van der Waals surface area contributed by atoms with E-state index in [1.165, 1.54) is 0 Å². The van der Waals surface area contributed by atoms with Crippen LogP contribution in [0.15, 0.2) is 24.3 Å². The highest BCUT2D eigenvalue weighted by molar-refractivity contribution is 14.1. The predicted octanol–water partition coefficient (Wildman–Crippen LogP) is 2.68. The van der Waals surface area contributed by atoms with Gasteiger partial charge in [-0.25, -0.2) is 0 Å². The fraction of sp³-hybridized carbons (Fsp3) is 0.462. The Balaban J connectivity index is 1.99. The Morgan fingerprint density at radius 3 is 2.65 bits per heavy atom. The summed E-state index contributed by atoms with van der Waals surface area (Å²) in [7, 11) is 0. The van der Waals surface area contributed by atoms with E-state index in [1.54, 1.807) is 0 Å². The SMILES string of the molecule is CC(Oc1ccccc1I)C(=O)N1CCCC1. The van der Waals surface area contributed by atoms with Gasteiger partial charge in [-0.15, -0.1) is 0 Å². The van der Waals surface area contributed by atoms with Gasteiger partial charge < -0.3 is 9.64 Å². The molecule has 0 radical (unpaired) electrons. The average Bonchev–Trinajstić information content (AvgIpc) is 2.84. The number of carbonyl (C=O) groups excluding carboxylic acids is 1. The van der Waals surface area contributed by atoms with Crippen LogP contribution >= 0.6 is 22.6 Å². The fourth-order valence-corrected chi connectivity index (χ4v) is 2.49. The average molecular weight is 345 g/mol. The molecule has 0 bridgehead atoms. The summed E-state index contributed by atoms with van der Waals surface area (Å²) < 4.78 is 6.75. The van der Waals surface area contributed by atoms with Gasteiger partial charge in [-0.1, -0.05) is 12.1 Å². The van der Waals surface area contributed by atoms with Gasteiger partial charge in [-0.3, -0.25) is 4.79 Å². The number of halogens is 1. The van der Waals surface area contributed by atoms with Gasteiger partial charge in [0.1, 0.15) is 5.75 Å². The molecule has 0 aliphatic carbocycles. The Bertz CT molecular complexity index is 402. The number of likely N-dealkylation sites (tertiary alicyclic amines) is 1. The lowest BCUT2D eigenvalue weighted by molar-refractivity contribution is -0.136. The lowest BCUT2D eigenvalue weighted by atomic mass is 10.3. The molecular formula is C13H16INO2. The van der Waals surface area contributed by atoms with E-state index < -0.39 is 6.10 Å². The molecule has 1 aromatic carbocycles. The smallest absolute Gasteiger partial charge is 0.263 e. The van der Waals surface area contributed by atoms with Crippen LogP contribution < -0.4 is 4.74 Å². The molecule has 1 aliphatic rings. The molecule has 1 aliphatic heterocycles. The van der Waals surface area contributed by atoms with Crippen LogP contribution in [-0.4, -0.2) is 30.0 Å². The third-order valence-corrected chi connectivity index (χ3v) is 3.80. The van der Waals surface area contributed by atoms with Crippen molar-refractivity contribution in [1.29, 1.82) is 0 Å². The molecular weight excluding hydrogens is 329 g/mol. The van der Waals surface area contributed by atoms with Crippen molar-refractivity contribution in [3.05, 3.63) is 27.8 Å². The summed E-state index contributed by atoms with van der Waals surface area (Å²) in [5.74, 6) is 0.885. The van der Waals surface area contributed by atoms with E-state index in [1.807, 2.05) is 36.1 Å². The van der Waals surface area contributed by atoms with Crippen molar-refractivity contribution in [2.75, 3.05) is 13.1 Å². The minimum atomic E-state index is -0.399. The zero-order chi connectivity index (χ0) is 12.3. The molecule has 1 fully saturated rings. The number of benzene rings is 1. The van der Waals surface area contributed by atoms with E-state index in [9.17, 15) is 4.79 Å². The van der Waals surface area contributed by atoms with Gasteiger partial charge in [0.25, 0.3) is 5.91 Å². The van der Waals surface area contributed by atoms with Crippen LogP contribution in [0.4, 0.5) is 0 Å². The monoisotopic (exact) mass is 345 g/mol. The maximum absolute atomic E-state index is 12.1. The molecule has 3 nitrogen and oxygen atoms in total. The minimum absolute atomic E-state index is 0.0992. The molecule has 1 aromatic rings. The standard InChI is InChI=1S/C13H16INO2/c1-10(13(16)15-8-4-5-9-15)17-12-7-3-2-6-11(12)14/h2-3,6-7,10H,4-5,8-9H2,1H3. The molecule has 2 rings (SSSR count). The van der Waals surface area contributed by atoms with Gasteiger partial charge in [0.2, 0.25) is 0 Å². The maximum atomic E-state index is 12.1. The summed E-state index contributed by atoms with van der Waals surface area (Å²) in [5.41, 5.74) is 0. The van der Waals surface area contributed by atoms with E-state index >= 15 is 0 Å². The summed E-state index contributed by atoms with van der Waals surface area (Å²) in [6.45, 7) is 3.57. The van der Waals surface area contributed by atoms with Crippen LogP contribution in [0.5, 0.6) is 5.75 Å². The molecule has 4 heteroatoms. The number of ether oxygens (including phenoxy) is 1. The van der Waals surface area contributed by atoms with Crippen molar-refractivity contribution in [2.24, 2.45) is 0 Å². The van der Waals surface area contributed by atoms with E-state index in [-0.39, 0.29) is 5.91 Å². The van der Waals surface area contributed by atoms with Crippen LogP contribution in [0.2, 0.25) is 0 Å². The summed E-state index contributed by atoms with van der Waals surface area (Å²) in [6, 6.07) is 7.75. The first-order valence-electron chi connectivity index (χ1n) is 5.88. The van der Waals surface area contributed by atoms with Crippen molar-refractivity contribution in [3.8, 4) is 5.75 Å². The molecule has 1 unspecified atom stereocenters. The lowest BCUT2D eigenvalue weighted by Crippen LogP contribution is -2.38. The van der Waals surface area contributed by atoms with Gasteiger partial charge >= 0.3 is 0 Å². The van der Waals surface area contributed by atoms with Gasteiger partial charge in [0.15, 0.2) is 6.10 Å². The molecule has 0 N–H and O–H groups in total. The molecule has 1 heterocycles. The third kappa shape index (κ3) is 3.12. The second kappa shape index (κ2) is 5.71. The van der Waals surface area contributed by atoms with Gasteiger partial charge in [-0.2, -0.15) is 0 Å². The Kier molecular flexibility index (Phi) is 4.25. The van der Waals surface area contributed by atoms with Crippen molar-refractivity contribution < 1.29 is 9.53 Å². The summed E-state index contributed by atoms with van der Waals surface area (Å²) in [5, 5.41) is 0. The maximum Gasteiger partial charge on any atom is 0.263 e. The van der Waals surface area contributed by atoms with Crippen molar-refractivity contribution >= 4 is 28.5 Å². The third-order valence-electron chi connectivity index (χ3n) is 2.91.